The summed E-state index contributed by atoms with van der Waals surface area (Å²) in [4.78, 5) is 10.7. The van der Waals surface area contributed by atoms with Gasteiger partial charge in [-0.25, -0.2) is 4.39 Å². The molecule has 0 bridgehead atoms. The molecule has 0 saturated carbocycles. The van der Waals surface area contributed by atoms with Gasteiger partial charge in [0.25, 0.3) is 0 Å². The second-order valence-electron chi connectivity index (χ2n) is 2.94. The van der Waals surface area contributed by atoms with Crippen molar-refractivity contribution in [1.29, 1.82) is 0 Å². The van der Waals surface area contributed by atoms with Crippen LogP contribution in [0.25, 0.3) is 0 Å². The van der Waals surface area contributed by atoms with Crippen LogP contribution in [0.15, 0.2) is 22.7 Å². The molecule has 1 aromatic rings. The van der Waals surface area contributed by atoms with E-state index in [-0.39, 0.29) is 11.8 Å². The molecule has 0 N–H and O–H groups in total. The number of rotatable bonds is 3. The van der Waals surface area contributed by atoms with Crippen LogP contribution in [0.2, 0.25) is 0 Å². The lowest BCUT2D eigenvalue weighted by Crippen LogP contribution is -2.18. The van der Waals surface area contributed by atoms with Gasteiger partial charge < -0.3 is 4.74 Å². The first kappa shape index (κ1) is 12.6. The average Bonchev–Trinajstić information content (AvgIpc) is 2.22. The maximum absolute atomic E-state index is 13.1. The Kier molecular flexibility index (Phi) is 4.73. The molecule has 15 heavy (non-hydrogen) atoms. The Bertz CT molecular complexity index is 368. The van der Waals surface area contributed by atoms with Crippen LogP contribution in [0.4, 0.5) is 4.39 Å². The maximum Gasteiger partial charge on any atom is 0.319 e. The molecule has 0 amide bonds. The highest BCUT2D eigenvalue weighted by Gasteiger charge is 2.16. The van der Waals surface area contributed by atoms with Crippen molar-refractivity contribution in [3.8, 4) is 0 Å². The Morgan fingerprint density at radius 2 is 2.27 bits per heavy atom. The lowest BCUT2D eigenvalue weighted by molar-refractivity contribution is -0.139. The molecule has 1 aromatic carbocycles. The number of carbonyl (C=O) groups is 1. The number of ether oxygens (including phenoxy) is 1. The Balaban J connectivity index is 2.73. The van der Waals surface area contributed by atoms with E-state index in [4.69, 9.17) is 0 Å². The van der Waals surface area contributed by atoms with Crippen molar-refractivity contribution in [2.45, 2.75) is 11.2 Å². The van der Waals surface area contributed by atoms with Gasteiger partial charge in [-0.2, -0.15) is 0 Å². The van der Waals surface area contributed by atoms with Gasteiger partial charge in [0.15, 0.2) is 0 Å². The first-order chi connectivity index (χ1) is 7.04. The predicted molar refractivity (Wildman–Crippen MR) is 62.5 cm³/mol. The molecule has 0 spiro atoms. The highest BCUT2D eigenvalue weighted by molar-refractivity contribution is 9.10. The van der Waals surface area contributed by atoms with Crippen molar-refractivity contribution in [3.05, 3.63) is 34.1 Å². The van der Waals surface area contributed by atoms with Crippen LogP contribution in [0, 0.1) is 5.82 Å². The summed E-state index contributed by atoms with van der Waals surface area (Å²) in [6.45, 7) is 0. The molecule has 82 valence electrons. The van der Waals surface area contributed by atoms with Gasteiger partial charge >= 0.3 is 5.97 Å². The Morgan fingerprint density at radius 3 is 2.80 bits per heavy atom. The van der Waals surface area contributed by atoms with E-state index in [0.717, 1.165) is 5.56 Å². The van der Waals surface area contributed by atoms with Crippen molar-refractivity contribution >= 4 is 37.8 Å². The quantitative estimate of drug-likeness (QED) is 0.625. The molecule has 0 aromatic heterocycles. The van der Waals surface area contributed by atoms with Gasteiger partial charge in [0.2, 0.25) is 0 Å². The van der Waals surface area contributed by atoms with Crippen LogP contribution in [-0.4, -0.2) is 17.9 Å². The van der Waals surface area contributed by atoms with E-state index in [9.17, 15) is 9.18 Å². The summed E-state index contributed by atoms with van der Waals surface area (Å²) < 4.78 is 18.1. The van der Waals surface area contributed by atoms with Gasteiger partial charge in [-0.3, -0.25) is 4.79 Å². The summed E-state index contributed by atoms with van der Waals surface area (Å²) in [5, 5.41) is 0. The normalized spacial score (nSPS) is 12.3. The van der Waals surface area contributed by atoms with E-state index in [2.05, 4.69) is 36.6 Å². The Hall–Kier alpha value is -0.420. The van der Waals surface area contributed by atoms with Crippen LogP contribution < -0.4 is 0 Å². The van der Waals surface area contributed by atoms with Crippen molar-refractivity contribution in [2.24, 2.45) is 0 Å². The summed E-state index contributed by atoms with van der Waals surface area (Å²) >= 11 is 6.23. The Morgan fingerprint density at radius 1 is 1.60 bits per heavy atom. The molecule has 0 radical (unpaired) electrons. The zero-order valence-electron chi connectivity index (χ0n) is 7.97. The third-order valence-corrected chi connectivity index (χ3v) is 3.20. The number of hydrogen-bond donors (Lipinski definition) is 0. The van der Waals surface area contributed by atoms with Crippen LogP contribution in [-0.2, 0) is 16.0 Å². The number of esters is 1. The van der Waals surface area contributed by atoms with E-state index in [1.54, 1.807) is 12.1 Å². The van der Waals surface area contributed by atoms with E-state index < -0.39 is 4.83 Å². The van der Waals surface area contributed by atoms with Crippen LogP contribution >= 0.6 is 31.9 Å². The van der Waals surface area contributed by atoms with E-state index in [1.165, 1.54) is 13.2 Å². The van der Waals surface area contributed by atoms with Gasteiger partial charge in [-0.1, -0.05) is 22.0 Å². The molecule has 0 saturated heterocycles. The lowest BCUT2D eigenvalue weighted by atomic mass is 10.1. The van der Waals surface area contributed by atoms with E-state index in [0.29, 0.717) is 10.9 Å². The largest absolute Gasteiger partial charge is 0.468 e. The zero-order chi connectivity index (χ0) is 11.4. The minimum Gasteiger partial charge on any atom is -0.468 e. The van der Waals surface area contributed by atoms with Crippen molar-refractivity contribution in [1.82, 2.24) is 0 Å². The smallest absolute Gasteiger partial charge is 0.319 e. The number of halogens is 3. The first-order valence-electron chi connectivity index (χ1n) is 4.20. The highest BCUT2D eigenvalue weighted by atomic mass is 79.9. The molecule has 0 fully saturated rings. The van der Waals surface area contributed by atoms with Gasteiger partial charge in [0, 0.05) is 0 Å². The first-order valence-corrected chi connectivity index (χ1v) is 5.91. The molecular formula is C10H9Br2FO2. The van der Waals surface area contributed by atoms with Crippen LogP contribution in [0.3, 0.4) is 0 Å². The highest BCUT2D eigenvalue weighted by Crippen LogP contribution is 2.19. The summed E-state index contributed by atoms with van der Waals surface area (Å²) in [5.41, 5.74) is 0.739. The fourth-order valence-electron chi connectivity index (χ4n) is 1.08. The molecule has 2 nitrogen and oxygen atoms in total. The number of carbonyl (C=O) groups excluding carboxylic acids is 1. The number of benzene rings is 1. The monoisotopic (exact) mass is 338 g/mol. The molecule has 0 aliphatic carbocycles. The van der Waals surface area contributed by atoms with Crippen LogP contribution in [0.5, 0.6) is 0 Å². The topological polar surface area (TPSA) is 26.3 Å². The molecular weight excluding hydrogens is 331 g/mol. The van der Waals surface area contributed by atoms with Crippen LogP contribution in [0.1, 0.15) is 5.56 Å². The predicted octanol–water partition coefficient (Wildman–Crippen LogP) is 3.07. The van der Waals surface area contributed by atoms with E-state index >= 15 is 0 Å². The fraction of sp³-hybridized carbons (Fsp3) is 0.300. The second kappa shape index (κ2) is 5.61. The number of hydrogen-bond acceptors (Lipinski definition) is 2. The summed E-state index contributed by atoms with van der Waals surface area (Å²) in [5.74, 6) is -0.699. The fourth-order valence-corrected chi connectivity index (χ4v) is 1.89. The van der Waals surface area contributed by atoms with E-state index in [1.807, 2.05) is 0 Å². The minimum atomic E-state index is -0.442. The van der Waals surface area contributed by atoms with Gasteiger partial charge in [-0.15, -0.1) is 0 Å². The van der Waals surface area contributed by atoms with Crippen molar-refractivity contribution in [3.63, 3.8) is 0 Å². The Labute approximate surface area is 104 Å². The molecule has 1 rings (SSSR count). The molecule has 0 aliphatic heterocycles. The summed E-state index contributed by atoms with van der Waals surface area (Å²) in [6, 6.07) is 4.76. The summed E-state index contributed by atoms with van der Waals surface area (Å²) in [7, 11) is 1.32. The molecule has 5 heteroatoms. The second-order valence-corrected chi connectivity index (χ2v) is 4.90. The van der Waals surface area contributed by atoms with Gasteiger partial charge in [-0.05, 0) is 40.0 Å². The van der Waals surface area contributed by atoms with Crippen molar-refractivity contribution in [2.75, 3.05) is 7.11 Å². The third kappa shape index (κ3) is 3.57. The SMILES string of the molecule is COC(=O)C(Br)Cc1ccc(Br)c(F)c1. The summed E-state index contributed by atoms with van der Waals surface area (Å²) in [6.07, 6.45) is 0.400. The average molecular weight is 340 g/mol. The minimum absolute atomic E-state index is 0.336. The molecule has 0 heterocycles. The van der Waals surface area contributed by atoms with Gasteiger partial charge in [0.1, 0.15) is 10.6 Å². The molecule has 0 aliphatic rings. The standard InChI is InChI=1S/C10H9Br2FO2/c1-15-10(14)8(12)4-6-2-3-7(11)9(13)5-6/h2-3,5,8H,4H2,1H3. The number of methoxy groups -OCH3 is 1. The zero-order valence-corrected chi connectivity index (χ0v) is 11.1. The van der Waals surface area contributed by atoms with Crippen molar-refractivity contribution < 1.29 is 13.9 Å². The molecule has 1 atom stereocenters. The maximum atomic E-state index is 13.1. The van der Waals surface area contributed by atoms with Gasteiger partial charge in [0.05, 0.1) is 11.6 Å². The lowest BCUT2D eigenvalue weighted by Gasteiger charge is -2.07. The third-order valence-electron chi connectivity index (χ3n) is 1.86. The molecule has 1 unspecified atom stereocenters. The number of alkyl halides is 1.